The summed E-state index contributed by atoms with van der Waals surface area (Å²) in [7, 11) is 0. The van der Waals surface area contributed by atoms with Gasteiger partial charge in [-0.15, -0.1) is 0 Å². The number of hydrogen-bond acceptors (Lipinski definition) is 3. The van der Waals surface area contributed by atoms with Crippen molar-refractivity contribution in [2.75, 3.05) is 6.54 Å². The number of carboxylic acids is 1. The van der Waals surface area contributed by atoms with Crippen LogP contribution < -0.4 is 5.32 Å². The van der Waals surface area contributed by atoms with Crippen molar-refractivity contribution in [2.45, 2.75) is 37.9 Å². The average Bonchev–Trinajstić information content (AvgIpc) is 2.95. The lowest BCUT2D eigenvalue weighted by atomic mass is 10.1. The van der Waals surface area contributed by atoms with Crippen molar-refractivity contribution in [3.63, 3.8) is 0 Å². The Hall–Kier alpha value is -1.59. The van der Waals surface area contributed by atoms with E-state index in [1.165, 1.54) is 0 Å². The summed E-state index contributed by atoms with van der Waals surface area (Å²) in [5.74, 6) is -1.23. The van der Waals surface area contributed by atoms with Gasteiger partial charge in [-0.1, -0.05) is 23.7 Å². The Morgan fingerprint density at radius 3 is 2.52 bits per heavy atom. The van der Waals surface area contributed by atoms with Gasteiger partial charge in [0.05, 0.1) is 0 Å². The second-order valence-corrected chi connectivity index (χ2v) is 5.49. The molecular formula is C15H18ClNO4. The Morgan fingerprint density at radius 2 is 1.90 bits per heavy atom. The first-order valence-electron chi connectivity index (χ1n) is 6.96. The third-order valence-electron chi connectivity index (χ3n) is 3.44. The van der Waals surface area contributed by atoms with Gasteiger partial charge in [0.25, 0.3) is 0 Å². The molecule has 1 fully saturated rings. The molecule has 5 nitrogen and oxygen atoms in total. The normalized spacial score (nSPS) is 21.2. The molecule has 0 bridgehead atoms. The predicted molar refractivity (Wildman–Crippen MR) is 78.3 cm³/mol. The molecule has 1 aromatic rings. The highest BCUT2D eigenvalue weighted by Crippen LogP contribution is 2.19. The molecule has 0 saturated carbocycles. The fourth-order valence-corrected chi connectivity index (χ4v) is 2.41. The molecule has 0 radical (unpaired) electrons. The Bertz CT molecular complexity index is 503. The SMILES string of the molecule is O=C(NCCCc1ccc(Cl)cc1)[C@@H]1CC[C@H](C(=O)O)O1. The van der Waals surface area contributed by atoms with Crippen LogP contribution in [0, 0.1) is 0 Å². The summed E-state index contributed by atoms with van der Waals surface area (Å²) in [4.78, 5) is 22.6. The zero-order chi connectivity index (χ0) is 15.2. The summed E-state index contributed by atoms with van der Waals surface area (Å²) >= 11 is 5.81. The van der Waals surface area contributed by atoms with Gasteiger partial charge in [0, 0.05) is 11.6 Å². The van der Waals surface area contributed by atoms with Crippen molar-refractivity contribution < 1.29 is 19.4 Å². The van der Waals surface area contributed by atoms with Crippen molar-refractivity contribution in [1.29, 1.82) is 0 Å². The van der Waals surface area contributed by atoms with Gasteiger partial charge in [0.1, 0.15) is 6.10 Å². The molecule has 114 valence electrons. The quantitative estimate of drug-likeness (QED) is 0.788. The van der Waals surface area contributed by atoms with Gasteiger partial charge in [-0.2, -0.15) is 0 Å². The number of rotatable bonds is 6. The summed E-state index contributed by atoms with van der Waals surface area (Å²) in [5.41, 5.74) is 1.16. The molecule has 1 heterocycles. The molecule has 0 aliphatic carbocycles. The molecule has 0 spiro atoms. The molecule has 1 amide bonds. The first-order chi connectivity index (χ1) is 10.1. The number of carboxylic acid groups (broad SMARTS) is 1. The van der Waals surface area contributed by atoms with E-state index in [1.54, 1.807) is 0 Å². The van der Waals surface area contributed by atoms with Gasteiger partial charge in [0.15, 0.2) is 6.10 Å². The maximum Gasteiger partial charge on any atom is 0.332 e. The molecule has 2 rings (SSSR count). The molecule has 1 aliphatic heterocycles. The van der Waals surface area contributed by atoms with Gasteiger partial charge in [-0.25, -0.2) is 4.79 Å². The van der Waals surface area contributed by atoms with E-state index in [1.807, 2.05) is 24.3 Å². The molecule has 1 aromatic carbocycles. The molecule has 6 heteroatoms. The number of halogens is 1. The maximum absolute atomic E-state index is 11.8. The van der Waals surface area contributed by atoms with Crippen molar-refractivity contribution in [2.24, 2.45) is 0 Å². The van der Waals surface area contributed by atoms with Crippen LogP contribution in [-0.2, 0) is 20.7 Å². The number of carbonyl (C=O) groups is 2. The van der Waals surface area contributed by atoms with E-state index in [-0.39, 0.29) is 5.91 Å². The molecule has 1 saturated heterocycles. The van der Waals surface area contributed by atoms with Crippen molar-refractivity contribution in [3.05, 3.63) is 34.9 Å². The molecule has 21 heavy (non-hydrogen) atoms. The lowest BCUT2D eigenvalue weighted by Crippen LogP contribution is -2.36. The molecule has 1 aliphatic rings. The van der Waals surface area contributed by atoms with Crippen molar-refractivity contribution >= 4 is 23.5 Å². The van der Waals surface area contributed by atoms with Gasteiger partial charge in [-0.3, -0.25) is 4.79 Å². The van der Waals surface area contributed by atoms with E-state index in [2.05, 4.69) is 5.32 Å². The molecular weight excluding hydrogens is 294 g/mol. The van der Waals surface area contributed by atoms with E-state index in [0.717, 1.165) is 18.4 Å². The van der Waals surface area contributed by atoms with Gasteiger partial charge in [0.2, 0.25) is 5.91 Å². The largest absolute Gasteiger partial charge is 0.479 e. The van der Waals surface area contributed by atoms with Crippen LogP contribution >= 0.6 is 11.6 Å². The molecule has 0 aromatic heterocycles. The third kappa shape index (κ3) is 4.72. The minimum absolute atomic E-state index is 0.227. The monoisotopic (exact) mass is 311 g/mol. The number of aliphatic carboxylic acids is 1. The van der Waals surface area contributed by atoms with Crippen LogP contribution in [0.2, 0.25) is 5.02 Å². The maximum atomic E-state index is 11.8. The minimum Gasteiger partial charge on any atom is -0.479 e. The highest BCUT2D eigenvalue weighted by atomic mass is 35.5. The summed E-state index contributed by atoms with van der Waals surface area (Å²) in [5, 5.41) is 12.3. The molecule has 2 N–H and O–H groups in total. The summed E-state index contributed by atoms with van der Waals surface area (Å²) in [6.07, 6.45) is 1.01. The zero-order valence-electron chi connectivity index (χ0n) is 11.5. The third-order valence-corrected chi connectivity index (χ3v) is 3.69. The van der Waals surface area contributed by atoms with Gasteiger partial charge >= 0.3 is 5.97 Å². The highest BCUT2D eigenvalue weighted by molar-refractivity contribution is 6.30. The van der Waals surface area contributed by atoms with Crippen LogP contribution in [0.15, 0.2) is 24.3 Å². The Morgan fingerprint density at radius 1 is 1.24 bits per heavy atom. The van der Waals surface area contributed by atoms with Crippen molar-refractivity contribution in [3.8, 4) is 0 Å². The molecule has 0 unspecified atom stereocenters. The van der Waals surface area contributed by atoms with E-state index < -0.39 is 18.2 Å². The number of amides is 1. The standard InChI is InChI=1S/C15H18ClNO4/c16-11-5-3-10(4-6-11)2-1-9-17-14(18)12-7-8-13(21-12)15(19)20/h3-6,12-13H,1-2,7-9H2,(H,17,18)(H,19,20)/t12-,13+/m0/s1. The summed E-state index contributed by atoms with van der Waals surface area (Å²) in [6, 6.07) is 7.60. The highest BCUT2D eigenvalue weighted by Gasteiger charge is 2.34. The van der Waals surface area contributed by atoms with E-state index in [0.29, 0.717) is 24.4 Å². The lowest BCUT2D eigenvalue weighted by molar-refractivity contribution is -0.151. The first-order valence-corrected chi connectivity index (χ1v) is 7.34. The summed E-state index contributed by atoms with van der Waals surface area (Å²) < 4.78 is 5.19. The Kier molecular flexibility index (Phi) is 5.59. The second kappa shape index (κ2) is 7.43. The number of benzene rings is 1. The number of aryl methyl sites for hydroxylation is 1. The van der Waals surface area contributed by atoms with E-state index in [9.17, 15) is 9.59 Å². The Balaban J connectivity index is 1.66. The zero-order valence-corrected chi connectivity index (χ0v) is 12.3. The van der Waals surface area contributed by atoms with Gasteiger partial charge < -0.3 is 15.2 Å². The fourth-order valence-electron chi connectivity index (χ4n) is 2.28. The van der Waals surface area contributed by atoms with E-state index in [4.69, 9.17) is 21.4 Å². The predicted octanol–water partition coefficient (Wildman–Crippen LogP) is 2.02. The van der Waals surface area contributed by atoms with Crippen molar-refractivity contribution in [1.82, 2.24) is 5.32 Å². The van der Waals surface area contributed by atoms with Crippen LogP contribution in [-0.4, -0.2) is 35.7 Å². The van der Waals surface area contributed by atoms with Crippen LogP contribution in [0.4, 0.5) is 0 Å². The van der Waals surface area contributed by atoms with Crippen LogP contribution in [0.3, 0.4) is 0 Å². The lowest BCUT2D eigenvalue weighted by Gasteiger charge is -2.11. The van der Waals surface area contributed by atoms with Crippen LogP contribution in [0.5, 0.6) is 0 Å². The van der Waals surface area contributed by atoms with Gasteiger partial charge in [-0.05, 0) is 43.4 Å². The second-order valence-electron chi connectivity index (χ2n) is 5.05. The number of nitrogens with one attached hydrogen (secondary N) is 1. The van der Waals surface area contributed by atoms with Crippen LogP contribution in [0.25, 0.3) is 0 Å². The average molecular weight is 312 g/mol. The van der Waals surface area contributed by atoms with E-state index >= 15 is 0 Å². The smallest absolute Gasteiger partial charge is 0.332 e. The Labute approximate surface area is 128 Å². The number of carbonyl (C=O) groups excluding carboxylic acids is 1. The summed E-state index contributed by atoms with van der Waals surface area (Å²) in [6.45, 7) is 0.541. The first kappa shape index (κ1) is 15.8. The number of hydrogen-bond donors (Lipinski definition) is 2. The molecule has 2 atom stereocenters. The fraction of sp³-hybridized carbons (Fsp3) is 0.467. The minimum atomic E-state index is -1.01. The number of ether oxygens (including phenoxy) is 1. The topological polar surface area (TPSA) is 75.6 Å². The van der Waals surface area contributed by atoms with Crippen LogP contribution in [0.1, 0.15) is 24.8 Å².